The number of rotatable bonds is 8. The lowest BCUT2D eigenvalue weighted by Crippen LogP contribution is -1.88. The van der Waals surface area contributed by atoms with Crippen molar-refractivity contribution in [2.24, 2.45) is 0 Å². The third kappa shape index (κ3) is 5.04. The van der Waals surface area contributed by atoms with Gasteiger partial charge in [0, 0.05) is 12.5 Å². The summed E-state index contributed by atoms with van der Waals surface area (Å²) in [6, 6.07) is 5.77. The normalized spacial score (nSPS) is 10.6. The van der Waals surface area contributed by atoms with Gasteiger partial charge in [-0.1, -0.05) is 12.2 Å². The van der Waals surface area contributed by atoms with Crippen LogP contribution in [0.3, 0.4) is 0 Å². The molecule has 1 aromatic carbocycles. The van der Waals surface area contributed by atoms with Crippen LogP contribution in [0.2, 0.25) is 0 Å². The van der Waals surface area contributed by atoms with Crippen molar-refractivity contribution >= 4 is 12.4 Å². The summed E-state index contributed by atoms with van der Waals surface area (Å²) < 4.78 is 10.4. The van der Waals surface area contributed by atoms with Gasteiger partial charge < -0.3 is 14.3 Å². The van der Waals surface area contributed by atoms with Crippen molar-refractivity contribution in [3.63, 3.8) is 0 Å². The van der Waals surface area contributed by atoms with E-state index in [1.807, 2.05) is 24.3 Å². The molecule has 0 amide bonds. The monoisotopic (exact) mass is 248 g/mol. The Morgan fingerprint density at radius 2 is 1.61 bits per heavy atom. The summed E-state index contributed by atoms with van der Waals surface area (Å²) in [7, 11) is 3.28. The Morgan fingerprint density at radius 3 is 2.17 bits per heavy atom. The number of allylic oxidation sites excluding steroid dienone is 1. The molecule has 18 heavy (non-hydrogen) atoms. The molecular formula is C15H20O3. The van der Waals surface area contributed by atoms with Gasteiger partial charge in [0.25, 0.3) is 0 Å². The molecule has 0 aliphatic carbocycles. The van der Waals surface area contributed by atoms with Crippen molar-refractivity contribution in [3.05, 3.63) is 29.8 Å². The molecule has 0 unspecified atom stereocenters. The zero-order valence-electron chi connectivity index (χ0n) is 11.0. The van der Waals surface area contributed by atoms with Gasteiger partial charge in [0.2, 0.25) is 0 Å². The first-order valence-electron chi connectivity index (χ1n) is 6.13. The van der Waals surface area contributed by atoms with Gasteiger partial charge in [0.05, 0.1) is 14.2 Å². The summed E-state index contributed by atoms with van der Waals surface area (Å²) in [5.74, 6) is 1.57. The molecule has 0 bridgehead atoms. The summed E-state index contributed by atoms with van der Waals surface area (Å²) in [6.45, 7) is 0. The Morgan fingerprint density at radius 1 is 1.00 bits per heavy atom. The number of aldehydes is 1. The zero-order chi connectivity index (χ0) is 13.2. The minimum atomic E-state index is 0.654. The van der Waals surface area contributed by atoms with Crippen LogP contribution in [0.5, 0.6) is 11.5 Å². The lowest BCUT2D eigenvalue weighted by atomic mass is 10.1. The fraction of sp³-hybridized carbons (Fsp3) is 0.400. The van der Waals surface area contributed by atoms with Crippen LogP contribution in [-0.4, -0.2) is 20.5 Å². The average molecular weight is 248 g/mol. The van der Waals surface area contributed by atoms with E-state index in [1.165, 1.54) is 0 Å². The van der Waals surface area contributed by atoms with Crippen LogP contribution in [0.15, 0.2) is 24.3 Å². The van der Waals surface area contributed by atoms with Crippen LogP contribution < -0.4 is 9.47 Å². The van der Waals surface area contributed by atoms with Crippen LogP contribution in [0.4, 0.5) is 0 Å². The van der Waals surface area contributed by atoms with Crippen molar-refractivity contribution in [3.8, 4) is 11.5 Å². The largest absolute Gasteiger partial charge is 0.497 e. The van der Waals surface area contributed by atoms with Crippen molar-refractivity contribution in [1.29, 1.82) is 0 Å². The fourth-order valence-corrected chi connectivity index (χ4v) is 1.63. The highest BCUT2D eigenvalue weighted by atomic mass is 16.5. The van der Waals surface area contributed by atoms with Crippen molar-refractivity contribution < 1.29 is 14.3 Å². The molecule has 0 spiro atoms. The van der Waals surface area contributed by atoms with E-state index in [4.69, 9.17) is 9.47 Å². The highest BCUT2D eigenvalue weighted by Crippen LogP contribution is 2.23. The number of methoxy groups -OCH3 is 2. The van der Waals surface area contributed by atoms with E-state index < -0.39 is 0 Å². The van der Waals surface area contributed by atoms with Gasteiger partial charge >= 0.3 is 0 Å². The third-order valence-electron chi connectivity index (χ3n) is 2.63. The summed E-state index contributed by atoms with van der Waals surface area (Å²) in [5, 5.41) is 0. The third-order valence-corrected chi connectivity index (χ3v) is 2.63. The second kappa shape index (κ2) is 8.34. The van der Waals surface area contributed by atoms with Gasteiger partial charge in [-0.05, 0) is 37.0 Å². The van der Waals surface area contributed by atoms with Gasteiger partial charge in [-0.3, -0.25) is 0 Å². The molecule has 98 valence electrons. The first-order valence-corrected chi connectivity index (χ1v) is 6.13. The molecule has 0 aromatic heterocycles. The van der Waals surface area contributed by atoms with E-state index in [-0.39, 0.29) is 0 Å². The lowest BCUT2D eigenvalue weighted by Gasteiger charge is -2.05. The molecule has 3 nitrogen and oxygen atoms in total. The van der Waals surface area contributed by atoms with E-state index in [9.17, 15) is 4.79 Å². The first-order chi connectivity index (χ1) is 8.80. The van der Waals surface area contributed by atoms with Crippen LogP contribution in [0.25, 0.3) is 6.08 Å². The summed E-state index contributed by atoms with van der Waals surface area (Å²) in [4.78, 5) is 10.2. The molecule has 0 saturated carbocycles. The zero-order valence-corrected chi connectivity index (χ0v) is 11.0. The van der Waals surface area contributed by atoms with E-state index in [0.29, 0.717) is 6.42 Å². The first kappa shape index (κ1) is 14.3. The molecule has 0 heterocycles. The molecule has 0 atom stereocenters. The van der Waals surface area contributed by atoms with Crippen LogP contribution in [-0.2, 0) is 4.79 Å². The second-order valence-corrected chi connectivity index (χ2v) is 4.00. The number of unbranched alkanes of at least 4 members (excludes halogenated alkanes) is 3. The van der Waals surface area contributed by atoms with Gasteiger partial charge in [-0.15, -0.1) is 0 Å². The highest BCUT2D eigenvalue weighted by Gasteiger charge is 1.98. The Balaban J connectivity index is 2.54. The van der Waals surface area contributed by atoms with Gasteiger partial charge in [0.1, 0.15) is 17.8 Å². The SMILES string of the molecule is COc1cc(C=CCCCCC=O)cc(OC)c1. The van der Waals surface area contributed by atoms with Crippen molar-refractivity contribution in [1.82, 2.24) is 0 Å². The van der Waals surface area contributed by atoms with Crippen LogP contribution in [0, 0.1) is 0 Å². The predicted octanol–water partition coefficient (Wildman–Crippen LogP) is 3.48. The number of hydrogen-bond donors (Lipinski definition) is 0. The van der Waals surface area contributed by atoms with E-state index in [1.54, 1.807) is 14.2 Å². The van der Waals surface area contributed by atoms with E-state index in [0.717, 1.165) is 42.6 Å². The lowest BCUT2D eigenvalue weighted by molar-refractivity contribution is -0.107. The Hall–Kier alpha value is -1.77. The number of hydrogen-bond acceptors (Lipinski definition) is 3. The van der Waals surface area contributed by atoms with Crippen molar-refractivity contribution in [2.45, 2.75) is 25.7 Å². The Bertz CT molecular complexity index is 374. The maximum Gasteiger partial charge on any atom is 0.123 e. The second-order valence-electron chi connectivity index (χ2n) is 4.00. The summed E-state index contributed by atoms with van der Waals surface area (Å²) in [5.41, 5.74) is 1.06. The fourth-order valence-electron chi connectivity index (χ4n) is 1.63. The van der Waals surface area contributed by atoms with Crippen molar-refractivity contribution in [2.75, 3.05) is 14.2 Å². The molecule has 1 aromatic rings. The quantitative estimate of drug-likeness (QED) is 0.522. The minimum Gasteiger partial charge on any atom is -0.497 e. The van der Waals surface area contributed by atoms with Gasteiger partial charge in [0.15, 0.2) is 0 Å². The highest BCUT2D eigenvalue weighted by molar-refractivity contribution is 5.55. The number of carbonyl (C=O) groups excluding carboxylic acids is 1. The van der Waals surface area contributed by atoms with Crippen LogP contribution in [0.1, 0.15) is 31.2 Å². The Labute approximate surface area is 108 Å². The van der Waals surface area contributed by atoms with E-state index >= 15 is 0 Å². The Kier molecular flexibility index (Phi) is 6.62. The molecule has 0 aliphatic heterocycles. The summed E-state index contributed by atoms with van der Waals surface area (Å²) in [6.07, 6.45) is 8.75. The van der Waals surface area contributed by atoms with Gasteiger partial charge in [-0.25, -0.2) is 0 Å². The molecular weight excluding hydrogens is 228 g/mol. The number of carbonyl (C=O) groups is 1. The number of benzene rings is 1. The summed E-state index contributed by atoms with van der Waals surface area (Å²) >= 11 is 0. The predicted molar refractivity (Wildman–Crippen MR) is 73.1 cm³/mol. The molecule has 1 rings (SSSR count). The molecule has 0 fully saturated rings. The molecule has 0 N–H and O–H groups in total. The maximum absolute atomic E-state index is 10.2. The number of ether oxygens (including phenoxy) is 2. The molecule has 3 heteroatoms. The average Bonchev–Trinajstić information content (AvgIpc) is 2.42. The maximum atomic E-state index is 10.2. The van der Waals surface area contributed by atoms with Gasteiger partial charge in [-0.2, -0.15) is 0 Å². The molecule has 0 radical (unpaired) electrons. The molecule has 0 aliphatic rings. The smallest absolute Gasteiger partial charge is 0.123 e. The minimum absolute atomic E-state index is 0.654. The topological polar surface area (TPSA) is 35.5 Å². The standard InChI is InChI=1S/C15H20O3/c1-17-14-10-13(11-15(12-14)18-2)8-6-4-3-5-7-9-16/h6,8-12H,3-5,7H2,1-2H3. The van der Waals surface area contributed by atoms with E-state index in [2.05, 4.69) is 6.08 Å². The van der Waals surface area contributed by atoms with Crippen LogP contribution >= 0.6 is 0 Å². The molecule has 0 saturated heterocycles.